The zero-order valence-electron chi connectivity index (χ0n) is 10.3. The highest BCUT2D eigenvalue weighted by Gasteiger charge is 2.13. The minimum absolute atomic E-state index is 0.594. The maximum Gasteiger partial charge on any atom is 0.0371 e. The molecule has 0 amide bonds. The Bertz CT molecular complexity index is 318. The summed E-state index contributed by atoms with van der Waals surface area (Å²) in [6.45, 7) is 8.64. The predicted molar refractivity (Wildman–Crippen MR) is 74.4 cm³/mol. The van der Waals surface area contributed by atoms with E-state index in [1.807, 2.05) is 12.1 Å². The van der Waals surface area contributed by atoms with Gasteiger partial charge in [-0.05, 0) is 32.0 Å². The SMILES string of the molecule is CCC(C)N(CC)Cc1c(N)cccc1Br. The average molecular weight is 285 g/mol. The summed E-state index contributed by atoms with van der Waals surface area (Å²) in [5.41, 5.74) is 8.08. The highest BCUT2D eigenvalue weighted by Crippen LogP contribution is 2.25. The van der Waals surface area contributed by atoms with Crippen LogP contribution in [0.25, 0.3) is 0 Å². The van der Waals surface area contributed by atoms with Gasteiger partial charge in [0.2, 0.25) is 0 Å². The van der Waals surface area contributed by atoms with Crippen LogP contribution in [0.5, 0.6) is 0 Å². The van der Waals surface area contributed by atoms with Crippen LogP contribution in [0.4, 0.5) is 5.69 Å². The number of benzene rings is 1. The predicted octanol–water partition coefficient (Wildman–Crippen LogP) is 3.65. The van der Waals surface area contributed by atoms with Crippen molar-refractivity contribution in [1.29, 1.82) is 0 Å². The number of nitrogens with two attached hydrogens (primary N) is 1. The van der Waals surface area contributed by atoms with Crippen molar-refractivity contribution >= 4 is 21.6 Å². The van der Waals surface area contributed by atoms with E-state index in [4.69, 9.17) is 5.73 Å². The Hall–Kier alpha value is -0.540. The number of anilines is 1. The highest BCUT2D eigenvalue weighted by molar-refractivity contribution is 9.10. The van der Waals surface area contributed by atoms with Gasteiger partial charge < -0.3 is 5.73 Å². The van der Waals surface area contributed by atoms with Crippen LogP contribution in [0.15, 0.2) is 22.7 Å². The van der Waals surface area contributed by atoms with Crippen molar-refractivity contribution in [3.8, 4) is 0 Å². The first-order chi connectivity index (χ1) is 7.60. The molecule has 0 aromatic heterocycles. The molecule has 0 fully saturated rings. The van der Waals surface area contributed by atoms with E-state index in [9.17, 15) is 0 Å². The molecule has 16 heavy (non-hydrogen) atoms. The van der Waals surface area contributed by atoms with E-state index in [1.165, 1.54) is 5.56 Å². The number of rotatable bonds is 5. The molecule has 0 aliphatic carbocycles. The van der Waals surface area contributed by atoms with Crippen LogP contribution in [-0.2, 0) is 6.54 Å². The smallest absolute Gasteiger partial charge is 0.0371 e. The zero-order valence-corrected chi connectivity index (χ0v) is 11.9. The molecule has 90 valence electrons. The van der Waals surface area contributed by atoms with Gasteiger partial charge in [0.25, 0.3) is 0 Å². The zero-order chi connectivity index (χ0) is 12.1. The summed E-state index contributed by atoms with van der Waals surface area (Å²) in [6, 6.07) is 6.58. The number of nitrogens with zero attached hydrogens (tertiary/aromatic N) is 1. The molecule has 1 atom stereocenters. The van der Waals surface area contributed by atoms with Crippen LogP contribution < -0.4 is 5.73 Å². The van der Waals surface area contributed by atoms with Crippen LogP contribution in [0.3, 0.4) is 0 Å². The number of hydrogen-bond acceptors (Lipinski definition) is 2. The lowest BCUT2D eigenvalue weighted by Crippen LogP contribution is -2.32. The lowest BCUT2D eigenvalue weighted by Gasteiger charge is -2.27. The summed E-state index contributed by atoms with van der Waals surface area (Å²) in [7, 11) is 0. The topological polar surface area (TPSA) is 29.3 Å². The van der Waals surface area contributed by atoms with E-state index in [1.54, 1.807) is 0 Å². The van der Waals surface area contributed by atoms with Crippen molar-refractivity contribution in [3.63, 3.8) is 0 Å². The summed E-state index contributed by atoms with van der Waals surface area (Å²) in [4.78, 5) is 2.44. The monoisotopic (exact) mass is 284 g/mol. The third kappa shape index (κ3) is 3.22. The Morgan fingerprint density at radius 3 is 2.56 bits per heavy atom. The molecule has 2 nitrogen and oxygen atoms in total. The van der Waals surface area contributed by atoms with Gasteiger partial charge in [-0.2, -0.15) is 0 Å². The first-order valence-corrected chi connectivity index (χ1v) is 6.66. The fourth-order valence-corrected chi connectivity index (χ4v) is 2.29. The van der Waals surface area contributed by atoms with Crippen molar-refractivity contribution in [3.05, 3.63) is 28.2 Å². The molecule has 0 aliphatic rings. The third-order valence-corrected chi connectivity index (χ3v) is 3.88. The van der Waals surface area contributed by atoms with E-state index < -0.39 is 0 Å². The van der Waals surface area contributed by atoms with Gasteiger partial charge in [-0.25, -0.2) is 0 Å². The largest absolute Gasteiger partial charge is 0.398 e. The van der Waals surface area contributed by atoms with Gasteiger partial charge >= 0.3 is 0 Å². The summed E-state index contributed by atoms with van der Waals surface area (Å²) in [5, 5.41) is 0. The van der Waals surface area contributed by atoms with E-state index in [2.05, 4.69) is 47.7 Å². The fraction of sp³-hybridized carbons (Fsp3) is 0.538. The molecular formula is C13H21BrN2. The van der Waals surface area contributed by atoms with E-state index in [-0.39, 0.29) is 0 Å². The first kappa shape index (κ1) is 13.5. The van der Waals surface area contributed by atoms with Crippen molar-refractivity contribution in [2.45, 2.75) is 39.8 Å². The van der Waals surface area contributed by atoms with Crippen LogP contribution in [-0.4, -0.2) is 17.5 Å². The molecule has 0 bridgehead atoms. The van der Waals surface area contributed by atoms with Crippen molar-refractivity contribution in [2.24, 2.45) is 0 Å². The first-order valence-electron chi connectivity index (χ1n) is 5.87. The Morgan fingerprint density at radius 2 is 2.06 bits per heavy atom. The fourth-order valence-electron chi connectivity index (χ4n) is 1.78. The maximum absolute atomic E-state index is 6.01. The molecule has 0 heterocycles. The summed E-state index contributed by atoms with van der Waals surface area (Å²) < 4.78 is 1.11. The summed E-state index contributed by atoms with van der Waals surface area (Å²) >= 11 is 3.57. The minimum Gasteiger partial charge on any atom is -0.398 e. The molecule has 1 unspecified atom stereocenters. The molecule has 3 heteroatoms. The van der Waals surface area contributed by atoms with E-state index in [0.717, 1.165) is 29.7 Å². The second kappa shape index (κ2) is 6.26. The van der Waals surface area contributed by atoms with Crippen LogP contribution in [0.2, 0.25) is 0 Å². The molecule has 0 spiro atoms. The van der Waals surface area contributed by atoms with Crippen molar-refractivity contribution in [1.82, 2.24) is 4.90 Å². The van der Waals surface area contributed by atoms with Crippen LogP contribution in [0.1, 0.15) is 32.8 Å². The minimum atomic E-state index is 0.594. The number of nitrogen functional groups attached to an aromatic ring is 1. The molecule has 1 aromatic rings. The second-order valence-corrected chi connectivity index (χ2v) is 4.98. The van der Waals surface area contributed by atoms with Gasteiger partial charge in [0.1, 0.15) is 0 Å². The Labute approximate surface area is 107 Å². The van der Waals surface area contributed by atoms with Gasteiger partial charge in [-0.15, -0.1) is 0 Å². The van der Waals surface area contributed by atoms with Crippen molar-refractivity contribution in [2.75, 3.05) is 12.3 Å². The Morgan fingerprint density at radius 1 is 1.38 bits per heavy atom. The molecule has 1 aromatic carbocycles. The normalized spacial score (nSPS) is 13.1. The summed E-state index contributed by atoms with van der Waals surface area (Å²) in [5.74, 6) is 0. The molecular weight excluding hydrogens is 264 g/mol. The maximum atomic E-state index is 6.01. The molecule has 0 radical (unpaired) electrons. The lowest BCUT2D eigenvalue weighted by molar-refractivity contribution is 0.206. The quantitative estimate of drug-likeness (QED) is 0.837. The average Bonchev–Trinajstić information content (AvgIpc) is 2.28. The van der Waals surface area contributed by atoms with Gasteiger partial charge in [0.05, 0.1) is 0 Å². The van der Waals surface area contributed by atoms with Crippen LogP contribution in [0, 0.1) is 0 Å². The highest BCUT2D eigenvalue weighted by atomic mass is 79.9. The van der Waals surface area contributed by atoms with E-state index in [0.29, 0.717) is 6.04 Å². The molecule has 0 saturated carbocycles. The Kier molecular flexibility index (Phi) is 5.29. The second-order valence-electron chi connectivity index (χ2n) is 4.13. The van der Waals surface area contributed by atoms with Crippen molar-refractivity contribution < 1.29 is 0 Å². The molecule has 0 aliphatic heterocycles. The van der Waals surface area contributed by atoms with Crippen LogP contribution >= 0.6 is 15.9 Å². The number of halogens is 1. The number of hydrogen-bond donors (Lipinski definition) is 1. The summed E-state index contributed by atoms with van der Waals surface area (Å²) in [6.07, 6.45) is 1.16. The van der Waals surface area contributed by atoms with Gasteiger partial charge in [-0.3, -0.25) is 4.90 Å². The van der Waals surface area contributed by atoms with Gasteiger partial charge in [-0.1, -0.05) is 35.8 Å². The lowest BCUT2D eigenvalue weighted by atomic mass is 10.1. The standard InChI is InChI=1S/C13H21BrN2/c1-4-10(3)16(5-2)9-11-12(14)7-6-8-13(11)15/h6-8,10H,4-5,9,15H2,1-3H3. The molecule has 1 rings (SSSR count). The molecule has 2 N–H and O–H groups in total. The Balaban J connectivity index is 2.85. The van der Waals surface area contributed by atoms with Gasteiger partial charge in [0.15, 0.2) is 0 Å². The molecule has 0 saturated heterocycles. The third-order valence-electron chi connectivity index (χ3n) is 3.14. The van der Waals surface area contributed by atoms with E-state index >= 15 is 0 Å². The van der Waals surface area contributed by atoms with Gasteiger partial charge in [0, 0.05) is 28.3 Å².